The zero-order valence-electron chi connectivity index (χ0n) is 11.1. The normalized spacial score (nSPS) is 13.1. The third kappa shape index (κ3) is 4.51. The minimum Gasteiger partial charge on any atom is -0.261 e. The van der Waals surface area contributed by atoms with Crippen molar-refractivity contribution in [3.05, 3.63) is 60.7 Å². The molecule has 2 aromatic rings. The fourth-order valence-electron chi connectivity index (χ4n) is 1.64. The van der Waals surface area contributed by atoms with Gasteiger partial charge in [-0.15, -0.1) is 0 Å². The highest BCUT2D eigenvalue weighted by atomic mass is 14.7. The van der Waals surface area contributed by atoms with Gasteiger partial charge in [-0.3, -0.25) is 9.98 Å². The zero-order chi connectivity index (χ0) is 13.3. The highest BCUT2D eigenvalue weighted by molar-refractivity contribution is 5.85. The van der Waals surface area contributed by atoms with Crippen molar-refractivity contribution in [3.8, 4) is 0 Å². The van der Waals surface area contributed by atoms with Crippen molar-refractivity contribution in [1.29, 1.82) is 0 Å². The van der Waals surface area contributed by atoms with E-state index >= 15 is 0 Å². The molecular formula is C17H18N2. The molecule has 2 heteroatoms. The molecule has 0 aliphatic carbocycles. The highest BCUT2D eigenvalue weighted by Gasteiger charge is 1.98. The highest BCUT2D eigenvalue weighted by Crippen LogP contribution is 2.12. The minimum absolute atomic E-state index is 0.264. The molecule has 0 amide bonds. The molecule has 0 aliphatic rings. The third-order valence-electron chi connectivity index (χ3n) is 2.81. The van der Waals surface area contributed by atoms with Crippen LogP contribution in [0.1, 0.15) is 13.3 Å². The molecule has 0 atom stereocenters. The second-order valence-electron chi connectivity index (χ2n) is 4.30. The Morgan fingerprint density at radius 1 is 0.789 bits per heavy atom. The van der Waals surface area contributed by atoms with Gasteiger partial charge in [-0.2, -0.15) is 0 Å². The van der Waals surface area contributed by atoms with Gasteiger partial charge in [-0.05, 0) is 30.7 Å². The fourth-order valence-corrected chi connectivity index (χ4v) is 1.64. The number of para-hydroxylation sites is 2. The first kappa shape index (κ1) is 13.2. The SMILES string of the molecule is CCC(C=Nc1ccccc1)C=Nc1ccccc1. The second-order valence-corrected chi connectivity index (χ2v) is 4.30. The maximum Gasteiger partial charge on any atom is 0.0625 e. The molecule has 0 bridgehead atoms. The molecule has 19 heavy (non-hydrogen) atoms. The van der Waals surface area contributed by atoms with E-state index < -0.39 is 0 Å². The van der Waals surface area contributed by atoms with Crippen LogP contribution in [0, 0.1) is 5.92 Å². The van der Waals surface area contributed by atoms with Gasteiger partial charge in [0.1, 0.15) is 0 Å². The van der Waals surface area contributed by atoms with Gasteiger partial charge in [-0.1, -0.05) is 43.3 Å². The summed E-state index contributed by atoms with van der Waals surface area (Å²) in [7, 11) is 0. The molecule has 0 unspecified atom stereocenters. The van der Waals surface area contributed by atoms with Crippen molar-refractivity contribution in [2.45, 2.75) is 13.3 Å². The summed E-state index contributed by atoms with van der Waals surface area (Å²) in [5.41, 5.74) is 1.96. The number of aliphatic imine (C=N–C) groups is 2. The van der Waals surface area contributed by atoms with Gasteiger partial charge in [0.25, 0.3) is 0 Å². The largest absolute Gasteiger partial charge is 0.261 e. The predicted molar refractivity (Wildman–Crippen MR) is 83.0 cm³/mol. The van der Waals surface area contributed by atoms with Crippen molar-refractivity contribution in [1.82, 2.24) is 0 Å². The van der Waals surface area contributed by atoms with Gasteiger partial charge in [-0.25, -0.2) is 0 Å². The van der Waals surface area contributed by atoms with Crippen LogP contribution >= 0.6 is 0 Å². The Morgan fingerprint density at radius 3 is 1.58 bits per heavy atom. The summed E-state index contributed by atoms with van der Waals surface area (Å²) in [4.78, 5) is 8.95. The maximum atomic E-state index is 4.47. The lowest BCUT2D eigenvalue weighted by atomic mass is 10.1. The van der Waals surface area contributed by atoms with Gasteiger partial charge in [0.05, 0.1) is 11.4 Å². The summed E-state index contributed by atoms with van der Waals surface area (Å²) in [5, 5.41) is 0. The summed E-state index contributed by atoms with van der Waals surface area (Å²) in [5.74, 6) is 0.264. The van der Waals surface area contributed by atoms with Crippen LogP contribution in [0.2, 0.25) is 0 Å². The molecule has 0 saturated carbocycles. The Balaban J connectivity index is 2.01. The van der Waals surface area contributed by atoms with Crippen LogP contribution in [0.15, 0.2) is 70.6 Å². The van der Waals surface area contributed by atoms with Crippen LogP contribution in [0.5, 0.6) is 0 Å². The summed E-state index contributed by atoms with van der Waals surface area (Å²) >= 11 is 0. The fraction of sp³-hybridized carbons (Fsp3) is 0.176. The first-order valence-electron chi connectivity index (χ1n) is 6.57. The van der Waals surface area contributed by atoms with Crippen molar-refractivity contribution < 1.29 is 0 Å². The molecule has 0 heterocycles. The first-order valence-corrected chi connectivity index (χ1v) is 6.57. The van der Waals surface area contributed by atoms with Crippen molar-refractivity contribution >= 4 is 23.8 Å². The zero-order valence-corrected chi connectivity index (χ0v) is 11.1. The van der Waals surface area contributed by atoms with Crippen LogP contribution in [0.25, 0.3) is 0 Å². The average molecular weight is 250 g/mol. The van der Waals surface area contributed by atoms with Gasteiger partial charge in [0.2, 0.25) is 0 Å². The van der Waals surface area contributed by atoms with E-state index in [1.165, 1.54) is 0 Å². The summed E-state index contributed by atoms with van der Waals surface area (Å²) < 4.78 is 0. The van der Waals surface area contributed by atoms with E-state index in [1.807, 2.05) is 73.1 Å². The van der Waals surface area contributed by atoms with E-state index in [1.54, 1.807) is 0 Å². The van der Waals surface area contributed by atoms with Crippen LogP contribution < -0.4 is 0 Å². The lowest BCUT2D eigenvalue weighted by molar-refractivity contribution is 0.888. The average Bonchev–Trinajstić information content (AvgIpc) is 2.49. The second kappa shape index (κ2) is 7.27. The third-order valence-corrected chi connectivity index (χ3v) is 2.81. The molecule has 0 aromatic heterocycles. The standard InChI is InChI=1S/C17H18N2/c1-2-15(13-18-16-9-5-3-6-10-16)14-19-17-11-7-4-8-12-17/h3-15H,2H2,1H3. The summed E-state index contributed by atoms with van der Waals surface area (Å²) in [6.07, 6.45) is 4.91. The molecule has 0 N–H and O–H groups in total. The smallest absolute Gasteiger partial charge is 0.0625 e. The number of hydrogen-bond acceptors (Lipinski definition) is 2. The first-order chi connectivity index (χ1) is 9.38. The van der Waals surface area contributed by atoms with Crippen LogP contribution in [-0.4, -0.2) is 12.4 Å². The molecule has 96 valence electrons. The van der Waals surface area contributed by atoms with E-state index in [9.17, 15) is 0 Å². The molecule has 0 fully saturated rings. The molecule has 0 radical (unpaired) electrons. The van der Waals surface area contributed by atoms with Crippen molar-refractivity contribution in [2.75, 3.05) is 0 Å². The van der Waals surface area contributed by atoms with Crippen molar-refractivity contribution in [2.24, 2.45) is 15.9 Å². The predicted octanol–water partition coefficient (Wildman–Crippen LogP) is 4.82. The van der Waals surface area contributed by atoms with Crippen molar-refractivity contribution in [3.63, 3.8) is 0 Å². The molecule has 2 rings (SSSR count). The van der Waals surface area contributed by atoms with E-state index in [0.29, 0.717) is 0 Å². The minimum atomic E-state index is 0.264. The van der Waals surface area contributed by atoms with E-state index in [4.69, 9.17) is 0 Å². The Kier molecular flexibility index (Phi) is 5.06. The van der Waals surface area contributed by atoms with E-state index in [2.05, 4.69) is 16.9 Å². The summed E-state index contributed by atoms with van der Waals surface area (Å²) in [6, 6.07) is 19.9. The Morgan fingerprint density at radius 2 is 1.21 bits per heavy atom. The number of hydrogen-bond donors (Lipinski definition) is 0. The van der Waals surface area contributed by atoms with Gasteiger partial charge < -0.3 is 0 Å². The van der Waals surface area contributed by atoms with Crippen LogP contribution in [0.4, 0.5) is 11.4 Å². The lowest BCUT2D eigenvalue weighted by Crippen LogP contribution is -2.01. The Bertz CT molecular complexity index is 480. The number of benzene rings is 2. The Labute approximate surface area is 114 Å². The molecule has 2 nitrogen and oxygen atoms in total. The van der Waals surface area contributed by atoms with Gasteiger partial charge in [0.15, 0.2) is 0 Å². The maximum absolute atomic E-state index is 4.47. The Hall–Kier alpha value is -2.22. The quantitative estimate of drug-likeness (QED) is 0.680. The molecule has 0 aliphatic heterocycles. The lowest BCUT2D eigenvalue weighted by Gasteiger charge is -2.01. The summed E-state index contributed by atoms with van der Waals surface area (Å²) in [6.45, 7) is 2.14. The number of nitrogens with zero attached hydrogens (tertiary/aromatic N) is 2. The molecular weight excluding hydrogens is 232 g/mol. The number of rotatable bonds is 5. The molecule has 0 saturated heterocycles. The topological polar surface area (TPSA) is 24.7 Å². The van der Waals surface area contributed by atoms with Crippen LogP contribution in [-0.2, 0) is 0 Å². The van der Waals surface area contributed by atoms with Crippen LogP contribution in [0.3, 0.4) is 0 Å². The molecule has 0 spiro atoms. The monoisotopic (exact) mass is 250 g/mol. The van der Waals surface area contributed by atoms with Gasteiger partial charge in [0, 0.05) is 18.3 Å². The van der Waals surface area contributed by atoms with E-state index in [-0.39, 0.29) is 5.92 Å². The van der Waals surface area contributed by atoms with Gasteiger partial charge >= 0.3 is 0 Å². The molecule has 2 aromatic carbocycles. The van der Waals surface area contributed by atoms with E-state index in [0.717, 1.165) is 17.8 Å².